The van der Waals surface area contributed by atoms with Crippen molar-refractivity contribution in [1.29, 1.82) is 0 Å². The molecule has 0 aliphatic heterocycles. The molecule has 0 spiro atoms. The number of ether oxygens (including phenoxy) is 1. The van der Waals surface area contributed by atoms with Crippen LogP contribution in [0.25, 0.3) is 22.2 Å². The summed E-state index contributed by atoms with van der Waals surface area (Å²) in [6, 6.07) is 36.3. The zero-order valence-electron chi connectivity index (χ0n) is 18.3. The van der Waals surface area contributed by atoms with Gasteiger partial charge in [0.05, 0.1) is 23.0 Å². The minimum absolute atomic E-state index is 0.295. The standard InChI is InChI=1S/C29H21N3O2/c33-29(32-30-20-21-15-17-24(18-16-21)34-23-11-5-2-6-12-23)26-19-28(22-9-3-1-4-10-22)31-27-14-8-7-13-25(26)27/h1-20H,(H,32,33)/b30-20+. The predicted molar refractivity (Wildman–Crippen MR) is 135 cm³/mol. The van der Waals surface area contributed by atoms with Gasteiger partial charge in [-0.2, -0.15) is 5.10 Å². The third-order valence-electron chi connectivity index (χ3n) is 5.27. The lowest BCUT2D eigenvalue weighted by atomic mass is 10.0. The zero-order chi connectivity index (χ0) is 23.2. The third-order valence-corrected chi connectivity index (χ3v) is 5.27. The van der Waals surface area contributed by atoms with E-state index in [1.165, 1.54) is 0 Å². The summed E-state index contributed by atoms with van der Waals surface area (Å²) < 4.78 is 5.80. The molecule has 4 aromatic carbocycles. The zero-order valence-corrected chi connectivity index (χ0v) is 18.3. The SMILES string of the molecule is O=C(N/N=C/c1ccc(Oc2ccccc2)cc1)c1cc(-c2ccccc2)nc2ccccc12. The van der Waals surface area contributed by atoms with Gasteiger partial charge < -0.3 is 4.74 Å². The fraction of sp³-hybridized carbons (Fsp3) is 0. The minimum Gasteiger partial charge on any atom is -0.457 e. The number of nitrogens with one attached hydrogen (secondary N) is 1. The Morgan fingerprint density at radius 3 is 2.18 bits per heavy atom. The van der Waals surface area contributed by atoms with Crippen LogP contribution in [0.5, 0.6) is 11.5 Å². The maximum absolute atomic E-state index is 13.0. The maximum Gasteiger partial charge on any atom is 0.272 e. The van der Waals surface area contributed by atoms with Gasteiger partial charge in [-0.1, -0.05) is 66.7 Å². The van der Waals surface area contributed by atoms with E-state index in [2.05, 4.69) is 10.5 Å². The number of benzene rings is 4. The highest BCUT2D eigenvalue weighted by molar-refractivity contribution is 6.07. The van der Waals surface area contributed by atoms with Crippen LogP contribution in [0.2, 0.25) is 0 Å². The van der Waals surface area contributed by atoms with Gasteiger partial charge in [0.25, 0.3) is 5.91 Å². The lowest BCUT2D eigenvalue weighted by Crippen LogP contribution is -2.18. The van der Waals surface area contributed by atoms with Gasteiger partial charge in [-0.15, -0.1) is 0 Å². The first-order chi connectivity index (χ1) is 16.8. The van der Waals surface area contributed by atoms with Crippen LogP contribution >= 0.6 is 0 Å². The number of fused-ring (bicyclic) bond motifs is 1. The number of carbonyl (C=O) groups excluding carboxylic acids is 1. The number of rotatable bonds is 6. The molecule has 0 atom stereocenters. The van der Waals surface area contributed by atoms with Gasteiger partial charge in [-0.3, -0.25) is 4.79 Å². The molecule has 0 radical (unpaired) electrons. The molecule has 0 unspecified atom stereocenters. The maximum atomic E-state index is 13.0. The normalized spacial score (nSPS) is 10.9. The molecule has 0 bridgehead atoms. The summed E-state index contributed by atoms with van der Waals surface area (Å²) in [7, 11) is 0. The van der Waals surface area contributed by atoms with E-state index in [0.29, 0.717) is 5.56 Å². The van der Waals surface area contributed by atoms with Crippen molar-refractivity contribution in [3.63, 3.8) is 0 Å². The van der Waals surface area contributed by atoms with E-state index in [1.807, 2.05) is 109 Å². The van der Waals surface area contributed by atoms with Crippen LogP contribution in [-0.4, -0.2) is 17.1 Å². The third kappa shape index (κ3) is 4.84. The van der Waals surface area contributed by atoms with Gasteiger partial charge in [-0.25, -0.2) is 10.4 Å². The first kappa shape index (κ1) is 21.1. The van der Waals surface area contributed by atoms with E-state index < -0.39 is 0 Å². The van der Waals surface area contributed by atoms with E-state index in [0.717, 1.165) is 39.2 Å². The molecule has 5 nitrogen and oxygen atoms in total. The van der Waals surface area contributed by atoms with Crippen LogP contribution in [0.15, 0.2) is 120 Å². The van der Waals surface area contributed by atoms with Crippen molar-refractivity contribution >= 4 is 23.0 Å². The van der Waals surface area contributed by atoms with Gasteiger partial charge >= 0.3 is 0 Å². The Balaban J connectivity index is 1.33. The van der Waals surface area contributed by atoms with Crippen LogP contribution in [0.1, 0.15) is 15.9 Å². The van der Waals surface area contributed by atoms with Gasteiger partial charge in [0.2, 0.25) is 0 Å². The van der Waals surface area contributed by atoms with Crippen LogP contribution < -0.4 is 10.2 Å². The van der Waals surface area contributed by atoms with E-state index in [-0.39, 0.29) is 5.91 Å². The summed E-state index contributed by atoms with van der Waals surface area (Å²) in [6.07, 6.45) is 1.60. The molecule has 0 aliphatic rings. The molecular formula is C29H21N3O2. The average Bonchev–Trinajstić information content (AvgIpc) is 2.90. The summed E-state index contributed by atoms with van der Waals surface area (Å²) in [5, 5.41) is 4.93. The Labute approximate surface area is 197 Å². The molecular weight excluding hydrogens is 422 g/mol. The smallest absolute Gasteiger partial charge is 0.272 e. The van der Waals surface area contributed by atoms with Crippen molar-refractivity contribution in [2.75, 3.05) is 0 Å². The number of amides is 1. The molecule has 1 aromatic heterocycles. The Hall–Kier alpha value is -4.77. The van der Waals surface area contributed by atoms with Gasteiger partial charge in [0.1, 0.15) is 11.5 Å². The number of hydrazone groups is 1. The summed E-state index contributed by atoms with van der Waals surface area (Å²) in [5.41, 5.74) is 6.45. The Bertz CT molecular complexity index is 1450. The molecule has 5 aromatic rings. The highest BCUT2D eigenvalue weighted by Gasteiger charge is 2.13. The molecule has 164 valence electrons. The van der Waals surface area contributed by atoms with E-state index in [9.17, 15) is 4.79 Å². The molecule has 1 N–H and O–H groups in total. The van der Waals surface area contributed by atoms with Gasteiger partial charge in [0.15, 0.2) is 0 Å². The monoisotopic (exact) mass is 443 g/mol. The first-order valence-electron chi connectivity index (χ1n) is 10.9. The second-order valence-electron chi connectivity index (χ2n) is 7.62. The number of aromatic nitrogens is 1. The van der Waals surface area contributed by atoms with Crippen molar-refractivity contribution in [2.45, 2.75) is 0 Å². The molecule has 1 amide bonds. The van der Waals surface area contributed by atoms with Crippen molar-refractivity contribution in [3.05, 3.63) is 126 Å². The van der Waals surface area contributed by atoms with Crippen molar-refractivity contribution in [3.8, 4) is 22.8 Å². The second-order valence-corrected chi connectivity index (χ2v) is 7.62. The fourth-order valence-corrected chi connectivity index (χ4v) is 3.59. The van der Waals surface area contributed by atoms with E-state index in [1.54, 1.807) is 12.3 Å². The topological polar surface area (TPSA) is 63.6 Å². The van der Waals surface area contributed by atoms with Crippen molar-refractivity contribution < 1.29 is 9.53 Å². The van der Waals surface area contributed by atoms with Crippen molar-refractivity contribution in [2.24, 2.45) is 5.10 Å². The highest BCUT2D eigenvalue weighted by atomic mass is 16.5. The predicted octanol–water partition coefficient (Wildman–Crippen LogP) is 6.46. The Morgan fingerprint density at radius 2 is 1.41 bits per heavy atom. The number of hydrogen-bond acceptors (Lipinski definition) is 4. The van der Waals surface area contributed by atoms with Crippen LogP contribution in [0, 0.1) is 0 Å². The summed E-state index contributed by atoms with van der Waals surface area (Å²) >= 11 is 0. The largest absolute Gasteiger partial charge is 0.457 e. The molecule has 34 heavy (non-hydrogen) atoms. The van der Waals surface area contributed by atoms with E-state index in [4.69, 9.17) is 9.72 Å². The van der Waals surface area contributed by atoms with Crippen molar-refractivity contribution in [1.82, 2.24) is 10.4 Å². The molecule has 1 heterocycles. The number of nitrogens with zero attached hydrogens (tertiary/aromatic N) is 2. The molecule has 0 aliphatic carbocycles. The summed E-state index contributed by atoms with van der Waals surface area (Å²) in [4.78, 5) is 17.7. The molecule has 0 saturated carbocycles. The number of hydrogen-bond donors (Lipinski definition) is 1. The van der Waals surface area contributed by atoms with Crippen LogP contribution in [-0.2, 0) is 0 Å². The van der Waals surface area contributed by atoms with Crippen LogP contribution in [0.3, 0.4) is 0 Å². The van der Waals surface area contributed by atoms with E-state index >= 15 is 0 Å². The highest BCUT2D eigenvalue weighted by Crippen LogP contribution is 2.25. The second kappa shape index (κ2) is 9.79. The molecule has 5 heteroatoms. The first-order valence-corrected chi connectivity index (χ1v) is 10.9. The Morgan fingerprint density at radius 1 is 0.765 bits per heavy atom. The quantitative estimate of drug-likeness (QED) is 0.242. The lowest BCUT2D eigenvalue weighted by molar-refractivity contribution is 0.0956. The minimum atomic E-state index is -0.295. The summed E-state index contributed by atoms with van der Waals surface area (Å²) in [5.74, 6) is 1.20. The number of carbonyl (C=O) groups is 1. The fourth-order valence-electron chi connectivity index (χ4n) is 3.59. The molecule has 5 rings (SSSR count). The number of pyridine rings is 1. The Kier molecular flexibility index (Phi) is 6.08. The molecule has 0 saturated heterocycles. The van der Waals surface area contributed by atoms with Gasteiger partial charge in [-0.05, 0) is 54.1 Å². The summed E-state index contributed by atoms with van der Waals surface area (Å²) in [6.45, 7) is 0. The van der Waals surface area contributed by atoms with Gasteiger partial charge in [0, 0.05) is 10.9 Å². The molecule has 0 fully saturated rings. The lowest BCUT2D eigenvalue weighted by Gasteiger charge is -2.09. The van der Waals surface area contributed by atoms with Crippen LogP contribution in [0.4, 0.5) is 0 Å². The number of para-hydroxylation sites is 2. The average molecular weight is 444 g/mol.